The Kier molecular flexibility index (Phi) is 13.6. The molecule has 2 N–H and O–H groups in total. The molecule has 2 aliphatic heterocycles. The highest BCUT2D eigenvalue weighted by atomic mass is 35.5. The molecule has 42 heavy (non-hydrogen) atoms. The minimum Gasteiger partial charge on any atom is -0.378 e. The van der Waals surface area contributed by atoms with Crippen LogP contribution in [0.25, 0.3) is 0 Å². The van der Waals surface area contributed by atoms with Crippen molar-refractivity contribution >= 4 is 29.2 Å². The van der Waals surface area contributed by atoms with Crippen molar-refractivity contribution in [3.63, 3.8) is 0 Å². The molecule has 0 radical (unpaired) electrons. The van der Waals surface area contributed by atoms with Crippen LogP contribution in [0.3, 0.4) is 0 Å². The second-order valence-corrected chi connectivity index (χ2v) is 9.49. The van der Waals surface area contributed by atoms with E-state index in [0.717, 1.165) is 29.0 Å². The fraction of sp³-hybridized carbons (Fsp3) is 0.387. The van der Waals surface area contributed by atoms with Crippen LogP contribution in [0.5, 0.6) is 0 Å². The number of nitrogens with zero attached hydrogens (tertiary/aromatic N) is 4. The van der Waals surface area contributed by atoms with E-state index in [1.54, 1.807) is 18.3 Å². The molecule has 4 rings (SSSR count). The molecule has 1 fully saturated rings. The number of aliphatic hydroxyl groups excluding tert-OH is 1. The van der Waals surface area contributed by atoms with Gasteiger partial charge >= 0.3 is 6.18 Å². The van der Waals surface area contributed by atoms with E-state index in [1.165, 1.54) is 17.1 Å². The lowest BCUT2D eigenvalue weighted by Gasteiger charge is -2.36. The van der Waals surface area contributed by atoms with Crippen LogP contribution < -0.4 is 10.2 Å². The van der Waals surface area contributed by atoms with Crippen molar-refractivity contribution in [1.82, 2.24) is 15.2 Å². The van der Waals surface area contributed by atoms with Crippen LogP contribution in [-0.2, 0) is 4.79 Å². The zero-order valence-corrected chi connectivity index (χ0v) is 24.8. The summed E-state index contributed by atoms with van der Waals surface area (Å²) in [6, 6.07) is 3.81. The number of halogens is 4. The van der Waals surface area contributed by atoms with E-state index in [2.05, 4.69) is 28.1 Å². The lowest BCUT2D eigenvalue weighted by Crippen LogP contribution is -2.52. The number of amides is 1. The molecule has 226 valence electrons. The number of hydrogen-bond acceptors (Lipinski definition) is 6. The van der Waals surface area contributed by atoms with Gasteiger partial charge in [0.1, 0.15) is 11.7 Å². The maximum Gasteiger partial charge on any atom is 0.412 e. The SMILES string of the molecule is C#C.C/C=C(Cl)\C=C1/CN=C(c2ccc(N3CCN(C(=O)C(O)C4=C/C=C(/C(F)(F)F)CC/C=C\4)CC3)nc2)N1.CC. The van der Waals surface area contributed by atoms with E-state index in [0.29, 0.717) is 37.8 Å². The Balaban J connectivity index is 0.00000148. The average molecular weight is 604 g/mol. The van der Waals surface area contributed by atoms with Gasteiger partial charge in [-0.2, -0.15) is 13.2 Å². The Morgan fingerprint density at radius 2 is 1.86 bits per heavy atom. The molecule has 1 aromatic rings. The van der Waals surface area contributed by atoms with Gasteiger partial charge in [-0.15, -0.1) is 12.8 Å². The van der Waals surface area contributed by atoms with E-state index in [1.807, 2.05) is 43.9 Å². The number of anilines is 1. The van der Waals surface area contributed by atoms with Gasteiger partial charge in [-0.25, -0.2) is 4.98 Å². The first-order valence-electron chi connectivity index (χ1n) is 13.7. The maximum absolute atomic E-state index is 13.1. The molecule has 1 atom stereocenters. The number of terminal acetylenes is 1. The lowest BCUT2D eigenvalue weighted by molar-refractivity contribution is -0.138. The minimum atomic E-state index is -4.44. The van der Waals surface area contributed by atoms with Crippen LogP contribution >= 0.6 is 11.6 Å². The van der Waals surface area contributed by atoms with E-state index >= 15 is 0 Å². The first-order chi connectivity index (χ1) is 20.2. The highest BCUT2D eigenvalue weighted by Crippen LogP contribution is 2.30. The molecular weight excluding hydrogens is 567 g/mol. The molecule has 3 heterocycles. The average Bonchev–Trinajstić information content (AvgIpc) is 3.46. The summed E-state index contributed by atoms with van der Waals surface area (Å²) >= 11 is 6.06. The number of alkyl halides is 3. The standard InChI is InChI=1S/C27H29ClF3N5O2.C2H6.C2H2/c1-2-21(28)15-22-17-33-25(34-22)19-8-10-23(32-16-19)35-11-13-36(14-12-35)26(38)24(37)18-5-3-4-6-20(9-7-18)27(29,30)31;2*1-2/h2-3,5,7-10,15-16,24,37H,4,6,11-14,17H2,1H3,(H,33,34);1-2H3;1-2H/b5-3-,18-7+,20-9+,21-2+,22-15+;;. The number of hydrogen-bond donors (Lipinski definition) is 2. The summed E-state index contributed by atoms with van der Waals surface area (Å²) in [5, 5.41) is 14.5. The summed E-state index contributed by atoms with van der Waals surface area (Å²) in [7, 11) is 0. The summed E-state index contributed by atoms with van der Waals surface area (Å²) in [6.07, 6.45) is 12.6. The van der Waals surface area contributed by atoms with Gasteiger partial charge in [0.25, 0.3) is 5.91 Å². The number of piperazine rings is 1. The maximum atomic E-state index is 13.1. The Bertz CT molecular complexity index is 1270. The summed E-state index contributed by atoms with van der Waals surface area (Å²) in [4.78, 5) is 25.5. The van der Waals surface area contributed by atoms with Crippen molar-refractivity contribution in [1.29, 1.82) is 0 Å². The summed E-state index contributed by atoms with van der Waals surface area (Å²) in [5.41, 5.74) is 1.20. The third-order valence-electron chi connectivity index (χ3n) is 6.49. The molecule has 1 aromatic heterocycles. The predicted molar refractivity (Wildman–Crippen MR) is 163 cm³/mol. The number of nitrogens with one attached hydrogen (secondary N) is 1. The lowest BCUT2D eigenvalue weighted by atomic mass is 10.0. The fourth-order valence-electron chi connectivity index (χ4n) is 4.29. The molecule has 1 unspecified atom stereocenters. The molecule has 0 aromatic carbocycles. The molecular formula is C31H37ClF3N5O2. The molecule has 7 nitrogen and oxygen atoms in total. The van der Waals surface area contributed by atoms with Crippen LogP contribution in [0.4, 0.5) is 19.0 Å². The Morgan fingerprint density at radius 1 is 1.17 bits per heavy atom. The van der Waals surface area contributed by atoms with Gasteiger partial charge in [-0.3, -0.25) is 9.79 Å². The van der Waals surface area contributed by atoms with Crippen molar-refractivity contribution in [2.45, 2.75) is 45.9 Å². The molecule has 1 aliphatic carbocycles. The van der Waals surface area contributed by atoms with Crippen molar-refractivity contribution in [3.05, 3.63) is 82.2 Å². The van der Waals surface area contributed by atoms with Gasteiger partial charge in [-0.1, -0.05) is 55.8 Å². The van der Waals surface area contributed by atoms with E-state index < -0.39 is 23.8 Å². The van der Waals surface area contributed by atoms with Gasteiger partial charge in [-0.05, 0) is 43.5 Å². The number of aliphatic hydroxyl groups is 1. The monoisotopic (exact) mass is 603 g/mol. The molecule has 11 heteroatoms. The van der Waals surface area contributed by atoms with Crippen LogP contribution in [-0.4, -0.2) is 71.7 Å². The van der Waals surface area contributed by atoms with Gasteiger partial charge in [0.2, 0.25) is 0 Å². The first-order valence-corrected chi connectivity index (χ1v) is 14.0. The topological polar surface area (TPSA) is 81.1 Å². The van der Waals surface area contributed by atoms with Gasteiger partial charge in [0, 0.05) is 54.2 Å². The fourth-order valence-corrected chi connectivity index (χ4v) is 4.42. The second-order valence-electron chi connectivity index (χ2n) is 9.05. The highest BCUT2D eigenvalue weighted by Gasteiger charge is 2.33. The predicted octanol–water partition coefficient (Wildman–Crippen LogP) is 5.51. The number of aromatic nitrogens is 1. The van der Waals surface area contributed by atoms with E-state index in [4.69, 9.17) is 11.6 Å². The second kappa shape index (κ2) is 16.6. The minimum absolute atomic E-state index is 0.140. The third kappa shape index (κ3) is 9.36. The molecule has 0 bridgehead atoms. The van der Waals surface area contributed by atoms with E-state index in [9.17, 15) is 23.1 Å². The smallest absolute Gasteiger partial charge is 0.378 e. The Hall–Kier alpha value is -3.81. The Labute approximate surface area is 250 Å². The summed E-state index contributed by atoms with van der Waals surface area (Å²) in [5.74, 6) is 0.942. The van der Waals surface area contributed by atoms with Crippen molar-refractivity contribution in [2.24, 2.45) is 4.99 Å². The zero-order chi connectivity index (χ0) is 31.3. The molecule has 1 saturated heterocycles. The van der Waals surface area contributed by atoms with Crippen molar-refractivity contribution in [3.8, 4) is 12.8 Å². The number of carbonyl (C=O) groups excluding carboxylic acids is 1. The largest absolute Gasteiger partial charge is 0.412 e. The number of rotatable bonds is 5. The third-order valence-corrected chi connectivity index (χ3v) is 6.82. The molecule has 0 saturated carbocycles. The van der Waals surface area contributed by atoms with Gasteiger partial charge < -0.3 is 20.2 Å². The first kappa shape index (κ1) is 34.4. The number of amidine groups is 1. The quantitative estimate of drug-likeness (QED) is 0.434. The molecule has 0 spiro atoms. The zero-order valence-electron chi connectivity index (χ0n) is 24.0. The number of pyridine rings is 1. The van der Waals surface area contributed by atoms with E-state index in [-0.39, 0.29) is 18.4 Å². The van der Waals surface area contributed by atoms with Crippen molar-refractivity contribution in [2.75, 3.05) is 37.6 Å². The normalized spacial score (nSPS) is 22.3. The van der Waals surface area contributed by atoms with Crippen molar-refractivity contribution < 1.29 is 23.1 Å². The summed E-state index contributed by atoms with van der Waals surface area (Å²) in [6.45, 7) is 8.09. The highest BCUT2D eigenvalue weighted by molar-refractivity contribution is 6.31. The van der Waals surface area contributed by atoms with Crippen LogP contribution in [0.15, 0.2) is 81.7 Å². The number of aliphatic imine (C=N–C) groups is 1. The van der Waals surface area contributed by atoms with Crippen LogP contribution in [0, 0.1) is 12.8 Å². The van der Waals surface area contributed by atoms with Crippen LogP contribution in [0.2, 0.25) is 0 Å². The Morgan fingerprint density at radius 3 is 2.45 bits per heavy atom. The summed E-state index contributed by atoms with van der Waals surface area (Å²) < 4.78 is 39.3. The molecule has 3 aliphatic rings. The molecule has 1 amide bonds. The van der Waals surface area contributed by atoms with Gasteiger partial charge in [0.05, 0.1) is 6.54 Å². The number of allylic oxidation sites excluding steroid dienone is 7. The number of carbonyl (C=O) groups is 1. The van der Waals surface area contributed by atoms with Gasteiger partial charge in [0.15, 0.2) is 6.10 Å². The van der Waals surface area contributed by atoms with Crippen LogP contribution in [0.1, 0.15) is 39.2 Å².